The van der Waals surface area contributed by atoms with Crippen LogP contribution in [0.4, 0.5) is 0 Å². The van der Waals surface area contributed by atoms with E-state index in [1.165, 1.54) is 109 Å². The number of hydrogen-bond donors (Lipinski definition) is 0. The first-order chi connectivity index (χ1) is 13.7. The van der Waals surface area contributed by atoms with Gasteiger partial charge in [0.2, 0.25) is 0 Å². The van der Waals surface area contributed by atoms with Crippen LogP contribution in [-0.4, -0.2) is 12.6 Å². The lowest BCUT2D eigenvalue weighted by atomic mass is 10.0. The van der Waals surface area contributed by atoms with Crippen LogP contribution in [0.5, 0.6) is 0 Å². The third-order valence-electron chi connectivity index (χ3n) is 5.67. The van der Waals surface area contributed by atoms with Crippen LogP contribution in [0.25, 0.3) is 0 Å². The number of carbonyl (C=O) groups excluding carboxylic acids is 1. The van der Waals surface area contributed by atoms with Crippen molar-refractivity contribution >= 4 is 5.97 Å². The van der Waals surface area contributed by atoms with Crippen molar-refractivity contribution in [3.05, 3.63) is 0 Å². The van der Waals surface area contributed by atoms with Crippen LogP contribution in [0, 0.1) is 5.92 Å². The standard InChI is InChI=1S/C26H52O2/c1-4-5-6-7-8-14-17-20-23-26(27)28-24-21-18-15-12-10-9-11-13-16-19-22-25(2)3/h25H,4-24H2,1-3H3. The van der Waals surface area contributed by atoms with Gasteiger partial charge in [0.1, 0.15) is 0 Å². The second-order valence-corrected chi connectivity index (χ2v) is 9.16. The maximum atomic E-state index is 11.7. The lowest BCUT2D eigenvalue weighted by Crippen LogP contribution is -2.05. The minimum absolute atomic E-state index is 0.0171. The number of hydrogen-bond acceptors (Lipinski definition) is 2. The van der Waals surface area contributed by atoms with E-state index in [0.717, 1.165) is 18.8 Å². The Balaban J connectivity index is 3.14. The molecule has 0 fully saturated rings. The molecule has 0 aromatic heterocycles. The van der Waals surface area contributed by atoms with Crippen molar-refractivity contribution < 1.29 is 9.53 Å². The molecule has 0 unspecified atom stereocenters. The minimum Gasteiger partial charge on any atom is -0.466 e. The fourth-order valence-corrected chi connectivity index (χ4v) is 3.73. The molecule has 0 aliphatic heterocycles. The highest BCUT2D eigenvalue weighted by atomic mass is 16.5. The van der Waals surface area contributed by atoms with Crippen molar-refractivity contribution in [2.45, 2.75) is 149 Å². The van der Waals surface area contributed by atoms with Crippen molar-refractivity contribution in [1.29, 1.82) is 0 Å². The van der Waals surface area contributed by atoms with E-state index in [0.29, 0.717) is 13.0 Å². The van der Waals surface area contributed by atoms with Gasteiger partial charge in [0.15, 0.2) is 0 Å². The molecule has 0 saturated carbocycles. The molecule has 0 aliphatic rings. The summed E-state index contributed by atoms with van der Waals surface area (Å²) in [5, 5.41) is 0. The Hall–Kier alpha value is -0.530. The Morgan fingerprint density at radius 3 is 1.54 bits per heavy atom. The molecule has 0 atom stereocenters. The van der Waals surface area contributed by atoms with Gasteiger partial charge in [-0.05, 0) is 18.8 Å². The summed E-state index contributed by atoms with van der Waals surface area (Å²) in [7, 11) is 0. The monoisotopic (exact) mass is 396 g/mol. The van der Waals surface area contributed by atoms with E-state index < -0.39 is 0 Å². The van der Waals surface area contributed by atoms with Crippen molar-refractivity contribution in [2.24, 2.45) is 5.92 Å². The highest BCUT2D eigenvalue weighted by Gasteiger charge is 2.02. The molecular formula is C26H52O2. The maximum absolute atomic E-state index is 11.7. The number of rotatable bonds is 22. The van der Waals surface area contributed by atoms with Crippen LogP contribution < -0.4 is 0 Å². The number of ether oxygens (including phenoxy) is 1. The van der Waals surface area contributed by atoms with Gasteiger partial charge in [0, 0.05) is 6.42 Å². The lowest BCUT2D eigenvalue weighted by Gasteiger charge is -2.06. The highest BCUT2D eigenvalue weighted by Crippen LogP contribution is 2.14. The van der Waals surface area contributed by atoms with Crippen LogP contribution >= 0.6 is 0 Å². The fourth-order valence-electron chi connectivity index (χ4n) is 3.73. The molecule has 0 amide bonds. The van der Waals surface area contributed by atoms with Gasteiger partial charge in [0.05, 0.1) is 6.61 Å². The smallest absolute Gasteiger partial charge is 0.305 e. The van der Waals surface area contributed by atoms with Gasteiger partial charge in [-0.3, -0.25) is 4.79 Å². The third-order valence-corrected chi connectivity index (χ3v) is 5.67. The normalized spacial score (nSPS) is 11.3. The first kappa shape index (κ1) is 27.5. The van der Waals surface area contributed by atoms with E-state index in [1.807, 2.05) is 0 Å². The molecule has 28 heavy (non-hydrogen) atoms. The van der Waals surface area contributed by atoms with Crippen molar-refractivity contribution in [3.63, 3.8) is 0 Å². The minimum atomic E-state index is 0.0171. The zero-order valence-corrected chi connectivity index (χ0v) is 19.7. The molecule has 0 aromatic carbocycles. The maximum Gasteiger partial charge on any atom is 0.305 e. The summed E-state index contributed by atoms with van der Waals surface area (Å²) in [6, 6.07) is 0. The molecule has 0 aliphatic carbocycles. The van der Waals surface area contributed by atoms with Gasteiger partial charge in [-0.15, -0.1) is 0 Å². The summed E-state index contributed by atoms with van der Waals surface area (Å²) in [6.07, 6.45) is 25.5. The van der Waals surface area contributed by atoms with Gasteiger partial charge in [-0.1, -0.05) is 130 Å². The summed E-state index contributed by atoms with van der Waals surface area (Å²) < 4.78 is 5.36. The van der Waals surface area contributed by atoms with E-state index in [1.54, 1.807) is 0 Å². The molecular weight excluding hydrogens is 344 g/mol. The zero-order valence-electron chi connectivity index (χ0n) is 19.7. The Kier molecular flexibility index (Phi) is 22.3. The van der Waals surface area contributed by atoms with E-state index in [4.69, 9.17) is 4.74 Å². The lowest BCUT2D eigenvalue weighted by molar-refractivity contribution is -0.143. The summed E-state index contributed by atoms with van der Waals surface area (Å²) in [4.78, 5) is 11.7. The second-order valence-electron chi connectivity index (χ2n) is 9.16. The van der Waals surface area contributed by atoms with Gasteiger partial charge < -0.3 is 4.74 Å². The molecule has 0 saturated heterocycles. The summed E-state index contributed by atoms with van der Waals surface area (Å²) in [5.74, 6) is 0.882. The topological polar surface area (TPSA) is 26.3 Å². The summed E-state index contributed by atoms with van der Waals surface area (Å²) in [5.41, 5.74) is 0. The van der Waals surface area contributed by atoms with Crippen molar-refractivity contribution in [2.75, 3.05) is 6.61 Å². The average Bonchev–Trinajstić information content (AvgIpc) is 2.67. The third kappa shape index (κ3) is 23.5. The summed E-state index contributed by atoms with van der Waals surface area (Å²) >= 11 is 0. The molecule has 0 aromatic rings. The van der Waals surface area contributed by atoms with Gasteiger partial charge in [-0.2, -0.15) is 0 Å². The molecule has 2 nitrogen and oxygen atoms in total. The van der Waals surface area contributed by atoms with Gasteiger partial charge >= 0.3 is 5.97 Å². The quantitative estimate of drug-likeness (QED) is 0.135. The number of unbranched alkanes of at least 4 members (excludes halogenated alkanes) is 16. The Morgan fingerprint density at radius 2 is 1.04 bits per heavy atom. The van der Waals surface area contributed by atoms with Crippen LogP contribution in [0.15, 0.2) is 0 Å². The van der Waals surface area contributed by atoms with E-state index in [-0.39, 0.29) is 5.97 Å². The van der Waals surface area contributed by atoms with Crippen molar-refractivity contribution in [3.8, 4) is 0 Å². The number of carbonyl (C=O) groups is 1. The Morgan fingerprint density at radius 1 is 0.607 bits per heavy atom. The summed E-state index contributed by atoms with van der Waals surface area (Å²) in [6.45, 7) is 7.52. The van der Waals surface area contributed by atoms with Crippen molar-refractivity contribution in [1.82, 2.24) is 0 Å². The second kappa shape index (κ2) is 22.8. The van der Waals surface area contributed by atoms with Gasteiger partial charge in [-0.25, -0.2) is 0 Å². The SMILES string of the molecule is CCCCCCCCCCC(=O)OCCCCCCCCCCCCC(C)C. The van der Waals surface area contributed by atoms with Crippen LogP contribution in [-0.2, 0) is 9.53 Å². The fraction of sp³-hybridized carbons (Fsp3) is 0.962. The first-order valence-corrected chi connectivity index (χ1v) is 12.8. The highest BCUT2D eigenvalue weighted by molar-refractivity contribution is 5.69. The predicted molar refractivity (Wildman–Crippen MR) is 124 cm³/mol. The van der Waals surface area contributed by atoms with E-state index >= 15 is 0 Å². The molecule has 0 heterocycles. The molecule has 0 radical (unpaired) electrons. The molecule has 2 heteroatoms. The Labute approximate surface area is 177 Å². The number of esters is 1. The van der Waals surface area contributed by atoms with Crippen LogP contribution in [0.2, 0.25) is 0 Å². The van der Waals surface area contributed by atoms with Crippen LogP contribution in [0.3, 0.4) is 0 Å². The predicted octanol–water partition coefficient (Wildman–Crippen LogP) is 9.01. The van der Waals surface area contributed by atoms with E-state index in [2.05, 4.69) is 20.8 Å². The molecule has 0 rings (SSSR count). The molecule has 0 N–H and O–H groups in total. The van der Waals surface area contributed by atoms with Gasteiger partial charge in [0.25, 0.3) is 0 Å². The molecule has 0 bridgehead atoms. The largest absolute Gasteiger partial charge is 0.466 e. The van der Waals surface area contributed by atoms with E-state index in [9.17, 15) is 4.79 Å². The van der Waals surface area contributed by atoms with Crippen LogP contribution in [0.1, 0.15) is 149 Å². The average molecular weight is 397 g/mol. The molecule has 0 spiro atoms. The Bertz CT molecular complexity index is 312. The first-order valence-electron chi connectivity index (χ1n) is 12.8. The zero-order chi connectivity index (χ0) is 20.7. The molecule has 168 valence electrons.